The van der Waals surface area contributed by atoms with Gasteiger partial charge in [0.1, 0.15) is 17.8 Å². The minimum atomic E-state index is -0.251. The van der Waals surface area contributed by atoms with Crippen LogP contribution in [0.3, 0.4) is 0 Å². The van der Waals surface area contributed by atoms with Crippen LogP contribution in [0.5, 0.6) is 11.5 Å². The lowest BCUT2D eigenvalue weighted by molar-refractivity contribution is 0.102. The molecule has 0 radical (unpaired) electrons. The van der Waals surface area contributed by atoms with Crippen LogP contribution in [-0.2, 0) is 0 Å². The molecule has 156 valence electrons. The van der Waals surface area contributed by atoms with Crippen LogP contribution >= 0.6 is 0 Å². The van der Waals surface area contributed by atoms with Crippen LogP contribution in [0.1, 0.15) is 29.6 Å². The van der Waals surface area contributed by atoms with Crippen LogP contribution in [0.2, 0.25) is 0 Å². The number of carbonyl (C=O) groups is 1. The summed E-state index contributed by atoms with van der Waals surface area (Å²) in [5, 5.41) is 14.4. The van der Waals surface area contributed by atoms with Crippen LogP contribution in [-0.4, -0.2) is 53.4 Å². The first-order valence-corrected chi connectivity index (χ1v) is 9.85. The molecule has 1 aromatic heterocycles. The molecule has 2 heterocycles. The molecule has 2 aromatic carbocycles. The highest BCUT2D eigenvalue weighted by molar-refractivity contribution is 6.06. The summed E-state index contributed by atoms with van der Waals surface area (Å²) in [6.45, 7) is 1.92. The second kappa shape index (κ2) is 8.81. The molecule has 3 aromatic rings. The van der Waals surface area contributed by atoms with E-state index >= 15 is 0 Å². The van der Waals surface area contributed by atoms with E-state index in [-0.39, 0.29) is 5.91 Å². The van der Waals surface area contributed by atoms with Gasteiger partial charge in [-0.2, -0.15) is 0 Å². The van der Waals surface area contributed by atoms with Gasteiger partial charge < -0.3 is 19.7 Å². The maximum absolute atomic E-state index is 13.1. The molecule has 0 atom stereocenters. The number of anilines is 2. The largest absolute Gasteiger partial charge is 0.497 e. The number of aromatic nitrogens is 4. The molecule has 1 N–H and O–H groups in total. The molecule has 1 amide bonds. The van der Waals surface area contributed by atoms with Gasteiger partial charge in [-0.15, -0.1) is 5.10 Å². The summed E-state index contributed by atoms with van der Waals surface area (Å²) in [6.07, 6.45) is 5.02. The normalized spacial score (nSPS) is 13.7. The number of benzene rings is 2. The number of hydrogen-bond donors (Lipinski definition) is 1. The van der Waals surface area contributed by atoms with Gasteiger partial charge in [0, 0.05) is 24.7 Å². The molecule has 0 unspecified atom stereocenters. The minimum absolute atomic E-state index is 0.251. The van der Waals surface area contributed by atoms with Gasteiger partial charge in [-0.05, 0) is 60.0 Å². The Morgan fingerprint density at radius 2 is 1.73 bits per heavy atom. The van der Waals surface area contributed by atoms with Crippen LogP contribution in [0.25, 0.3) is 5.69 Å². The van der Waals surface area contributed by atoms with Gasteiger partial charge in [0.2, 0.25) is 0 Å². The number of hydrogen-bond acceptors (Lipinski definition) is 7. The summed E-state index contributed by atoms with van der Waals surface area (Å²) in [6, 6.07) is 10.9. The molecular weight excluding hydrogens is 384 g/mol. The third-order valence-corrected chi connectivity index (χ3v) is 5.15. The predicted molar refractivity (Wildman–Crippen MR) is 113 cm³/mol. The number of nitrogens with zero attached hydrogens (tertiary/aromatic N) is 5. The fourth-order valence-corrected chi connectivity index (χ4v) is 3.59. The Bertz CT molecular complexity index is 993. The van der Waals surface area contributed by atoms with Crippen molar-refractivity contribution in [2.45, 2.75) is 19.3 Å². The van der Waals surface area contributed by atoms with E-state index < -0.39 is 0 Å². The average molecular weight is 408 g/mol. The van der Waals surface area contributed by atoms with Gasteiger partial charge in [-0.3, -0.25) is 4.79 Å². The molecule has 1 aliphatic rings. The zero-order valence-electron chi connectivity index (χ0n) is 17.0. The average Bonchev–Trinajstić information content (AvgIpc) is 3.34. The minimum Gasteiger partial charge on any atom is -0.497 e. The second-order valence-corrected chi connectivity index (χ2v) is 7.06. The second-order valence-electron chi connectivity index (χ2n) is 7.06. The first-order chi connectivity index (χ1) is 14.7. The van der Waals surface area contributed by atoms with Crippen molar-refractivity contribution < 1.29 is 14.3 Å². The fourth-order valence-electron chi connectivity index (χ4n) is 3.59. The fraction of sp³-hybridized carbons (Fsp3) is 0.333. The zero-order valence-corrected chi connectivity index (χ0v) is 17.0. The van der Waals surface area contributed by atoms with Gasteiger partial charge in [0.15, 0.2) is 0 Å². The molecule has 9 nitrogen and oxygen atoms in total. The summed E-state index contributed by atoms with van der Waals surface area (Å²) < 4.78 is 12.1. The number of nitrogens with one attached hydrogen (secondary N) is 1. The van der Waals surface area contributed by atoms with Crippen molar-refractivity contribution in [3.63, 3.8) is 0 Å². The summed E-state index contributed by atoms with van der Waals surface area (Å²) in [5.74, 6) is 0.857. The Morgan fingerprint density at radius 1 is 1.00 bits per heavy atom. The number of amides is 1. The maximum atomic E-state index is 13.1. The lowest BCUT2D eigenvalue weighted by atomic mass is 10.1. The van der Waals surface area contributed by atoms with E-state index in [1.54, 1.807) is 37.1 Å². The summed E-state index contributed by atoms with van der Waals surface area (Å²) in [4.78, 5) is 15.4. The third kappa shape index (κ3) is 4.19. The van der Waals surface area contributed by atoms with E-state index in [4.69, 9.17) is 9.47 Å². The van der Waals surface area contributed by atoms with Crippen molar-refractivity contribution in [3.8, 4) is 17.2 Å². The topological polar surface area (TPSA) is 94.4 Å². The number of tetrazole rings is 1. The number of piperidine rings is 1. The van der Waals surface area contributed by atoms with E-state index in [1.165, 1.54) is 12.7 Å². The SMILES string of the molecule is COc1cc(OC)cc(C(=O)Nc2cc(-n3cnnn3)ccc2N2CCCCC2)c1. The van der Waals surface area contributed by atoms with E-state index in [9.17, 15) is 4.79 Å². The molecule has 1 aliphatic heterocycles. The van der Waals surface area contributed by atoms with Crippen LogP contribution in [0.4, 0.5) is 11.4 Å². The first kappa shape index (κ1) is 19.7. The van der Waals surface area contributed by atoms with Crippen LogP contribution in [0, 0.1) is 0 Å². The Kier molecular flexibility index (Phi) is 5.78. The number of rotatable bonds is 6. The standard InChI is InChI=1S/C21H24N6O3/c1-29-17-10-15(11-18(13-17)30-2)21(28)23-19-12-16(27-14-22-24-25-27)6-7-20(19)26-8-4-3-5-9-26/h6-7,10-14H,3-5,8-9H2,1-2H3,(H,23,28). The van der Waals surface area contributed by atoms with Crippen LogP contribution in [0.15, 0.2) is 42.7 Å². The van der Waals surface area contributed by atoms with E-state index in [0.717, 1.165) is 37.3 Å². The van der Waals surface area contributed by atoms with Crippen molar-refractivity contribution in [2.24, 2.45) is 0 Å². The smallest absolute Gasteiger partial charge is 0.255 e. The van der Waals surface area contributed by atoms with E-state index in [2.05, 4.69) is 25.7 Å². The molecule has 9 heteroatoms. The highest BCUT2D eigenvalue weighted by Crippen LogP contribution is 2.32. The highest BCUT2D eigenvalue weighted by atomic mass is 16.5. The summed E-state index contributed by atoms with van der Waals surface area (Å²) in [7, 11) is 3.11. The summed E-state index contributed by atoms with van der Waals surface area (Å²) >= 11 is 0. The predicted octanol–water partition coefficient (Wildman–Crippen LogP) is 2.92. The Balaban J connectivity index is 1.68. The van der Waals surface area contributed by atoms with Gasteiger partial charge in [-0.1, -0.05) is 0 Å². The van der Waals surface area contributed by atoms with E-state index in [1.807, 2.05) is 18.2 Å². The van der Waals surface area contributed by atoms with Gasteiger partial charge in [0.25, 0.3) is 5.91 Å². The first-order valence-electron chi connectivity index (χ1n) is 9.85. The third-order valence-electron chi connectivity index (χ3n) is 5.15. The van der Waals surface area contributed by atoms with Crippen LogP contribution < -0.4 is 19.7 Å². The zero-order chi connectivity index (χ0) is 20.9. The van der Waals surface area contributed by atoms with Gasteiger partial charge in [-0.25, -0.2) is 4.68 Å². The number of ether oxygens (including phenoxy) is 2. The quantitative estimate of drug-likeness (QED) is 0.670. The van der Waals surface area contributed by atoms with Crippen molar-refractivity contribution >= 4 is 17.3 Å². The Hall–Kier alpha value is -3.62. The molecule has 30 heavy (non-hydrogen) atoms. The Labute approximate surface area is 174 Å². The van der Waals surface area contributed by atoms with Crippen molar-refractivity contribution in [1.29, 1.82) is 0 Å². The maximum Gasteiger partial charge on any atom is 0.255 e. The van der Waals surface area contributed by atoms with Crippen molar-refractivity contribution in [3.05, 3.63) is 48.3 Å². The highest BCUT2D eigenvalue weighted by Gasteiger charge is 2.18. The number of methoxy groups -OCH3 is 2. The molecule has 1 fully saturated rings. The number of carbonyl (C=O) groups excluding carboxylic acids is 1. The molecule has 4 rings (SSSR count). The molecule has 0 saturated carbocycles. The van der Waals surface area contributed by atoms with Crippen molar-refractivity contribution in [1.82, 2.24) is 20.2 Å². The lowest BCUT2D eigenvalue weighted by Gasteiger charge is -2.30. The molecule has 0 spiro atoms. The molecule has 1 saturated heterocycles. The monoisotopic (exact) mass is 408 g/mol. The van der Waals surface area contributed by atoms with Gasteiger partial charge >= 0.3 is 0 Å². The molecular formula is C21H24N6O3. The Morgan fingerprint density at radius 3 is 2.37 bits per heavy atom. The van der Waals surface area contributed by atoms with E-state index in [0.29, 0.717) is 22.7 Å². The molecule has 0 aliphatic carbocycles. The van der Waals surface area contributed by atoms with Crippen molar-refractivity contribution in [2.75, 3.05) is 37.5 Å². The van der Waals surface area contributed by atoms with Gasteiger partial charge in [0.05, 0.1) is 31.3 Å². The summed E-state index contributed by atoms with van der Waals surface area (Å²) in [5.41, 5.74) is 2.90. The molecule has 0 bridgehead atoms. The lowest BCUT2D eigenvalue weighted by Crippen LogP contribution is -2.30.